The number of methoxy groups -OCH3 is 2. The maximum absolute atomic E-state index is 12.3. The molecule has 0 saturated carbocycles. The highest BCUT2D eigenvalue weighted by Crippen LogP contribution is 2.20. The molecule has 1 aromatic rings. The Labute approximate surface area is 136 Å². The predicted octanol–water partition coefficient (Wildman–Crippen LogP) is 1.97. The molecule has 6 nitrogen and oxygen atoms in total. The van der Waals surface area contributed by atoms with Gasteiger partial charge in [-0.15, -0.1) is 0 Å². The third-order valence-corrected chi connectivity index (χ3v) is 4.16. The first-order valence-corrected chi connectivity index (χ1v) is 7.88. The largest absolute Gasteiger partial charge is 0.496 e. The lowest BCUT2D eigenvalue weighted by Crippen LogP contribution is -2.46. The average molecular weight is 320 g/mol. The van der Waals surface area contributed by atoms with Crippen LogP contribution in [-0.4, -0.2) is 50.3 Å². The fraction of sp³-hybridized carbons (Fsp3) is 0.529. The molecule has 6 heteroatoms. The Morgan fingerprint density at radius 3 is 2.57 bits per heavy atom. The monoisotopic (exact) mass is 320 g/mol. The second-order valence-corrected chi connectivity index (χ2v) is 5.60. The molecular weight excluding hydrogens is 296 g/mol. The van der Waals surface area contributed by atoms with Crippen LogP contribution in [0.25, 0.3) is 0 Å². The van der Waals surface area contributed by atoms with E-state index in [-0.39, 0.29) is 11.9 Å². The Morgan fingerprint density at radius 2 is 1.91 bits per heavy atom. The van der Waals surface area contributed by atoms with Gasteiger partial charge in [0.05, 0.1) is 14.2 Å². The third kappa shape index (κ3) is 4.87. The maximum atomic E-state index is 12.3. The number of alkyl carbamates (subject to hydrolysis) is 1. The molecule has 1 aromatic carbocycles. The highest BCUT2D eigenvalue weighted by molar-refractivity contribution is 5.76. The number of nitrogens with one attached hydrogen (secondary N) is 1. The van der Waals surface area contributed by atoms with Gasteiger partial charge < -0.3 is 19.7 Å². The van der Waals surface area contributed by atoms with E-state index in [1.54, 1.807) is 7.11 Å². The number of carbonyl (C=O) groups is 2. The molecule has 1 fully saturated rings. The van der Waals surface area contributed by atoms with Crippen LogP contribution >= 0.6 is 0 Å². The Balaban J connectivity index is 1.78. The molecule has 0 radical (unpaired) electrons. The van der Waals surface area contributed by atoms with E-state index in [2.05, 4.69) is 10.1 Å². The second kappa shape index (κ2) is 8.41. The molecule has 0 atom stereocenters. The van der Waals surface area contributed by atoms with E-state index < -0.39 is 6.09 Å². The van der Waals surface area contributed by atoms with Crippen LogP contribution in [0.1, 0.15) is 24.8 Å². The SMILES string of the molecule is COC(=O)NC1CCN(C(=O)CCc2ccccc2OC)CC1. The van der Waals surface area contributed by atoms with Crippen LogP contribution in [0.4, 0.5) is 4.79 Å². The van der Waals surface area contributed by atoms with Gasteiger partial charge in [0.25, 0.3) is 0 Å². The molecule has 1 heterocycles. The molecule has 2 rings (SSSR count). The normalized spacial score (nSPS) is 15.1. The maximum Gasteiger partial charge on any atom is 0.407 e. The minimum Gasteiger partial charge on any atom is -0.496 e. The molecule has 0 bridgehead atoms. The number of ether oxygens (including phenoxy) is 2. The Hall–Kier alpha value is -2.24. The number of piperidine rings is 1. The van der Waals surface area contributed by atoms with Gasteiger partial charge in [-0.2, -0.15) is 0 Å². The summed E-state index contributed by atoms with van der Waals surface area (Å²) in [6, 6.07) is 7.85. The van der Waals surface area contributed by atoms with Crippen molar-refractivity contribution in [3.05, 3.63) is 29.8 Å². The number of para-hydroxylation sites is 1. The number of amides is 2. The van der Waals surface area contributed by atoms with E-state index in [1.807, 2.05) is 29.2 Å². The molecular formula is C17H24N2O4. The highest BCUT2D eigenvalue weighted by atomic mass is 16.5. The lowest BCUT2D eigenvalue weighted by Gasteiger charge is -2.32. The minimum absolute atomic E-state index is 0.0840. The predicted molar refractivity (Wildman–Crippen MR) is 86.5 cm³/mol. The third-order valence-electron chi connectivity index (χ3n) is 4.16. The van der Waals surface area contributed by atoms with Gasteiger partial charge in [0.2, 0.25) is 5.91 Å². The van der Waals surface area contributed by atoms with E-state index in [9.17, 15) is 9.59 Å². The molecule has 1 aliphatic heterocycles. The second-order valence-electron chi connectivity index (χ2n) is 5.60. The van der Waals surface area contributed by atoms with E-state index in [4.69, 9.17) is 4.74 Å². The summed E-state index contributed by atoms with van der Waals surface area (Å²) in [4.78, 5) is 25.4. The highest BCUT2D eigenvalue weighted by Gasteiger charge is 2.23. The summed E-state index contributed by atoms with van der Waals surface area (Å²) >= 11 is 0. The summed E-state index contributed by atoms with van der Waals surface area (Å²) in [5.41, 5.74) is 1.05. The van der Waals surface area contributed by atoms with E-state index in [0.29, 0.717) is 25.9 Å². The van der Waals surface area contributed by atoms with Gasteiger partial charge in [-0.1, -0.05) is 18.2 Å². The summed E-state index contributed by atoms with van der Waals surface area (Å²) in [5, 5.41) is 2.79. The number of aryl methyl sites for hydroxylation is 1. The fourth-order valence-corrected chi connectivity index (χ4v) is 2.81. The molecule has 0 aromatic heterocycles. The first-order valence-electron chi connectivity index (χ1n) is 7.88. The lowest BCUT2D eigenvalue weighted by atomic mass is 10.0. The van der Waals surface area contributed by atoms with Gasteiger partial charge >= 0.3 is 6.09 Å². The van der Waals surface area contributed by atoms with Crippen LogP contribution in [0, 0.1) is 0 Å². The number of likely N-dealkylation sites (tertiary alicyclic amines) is 1. The molecule has 126 valence electrons. The molecule has 0 spiro atoms. The number of benzene rings is 1. The van der Waals surface area contributed by atoms with Crippen LogP contribution in [0.2, 0.25) is 0 Å². The van der Waals surface area contributed by atoms with Gasteiger partial charge in [0.15, 0.2) is 0 Å². The van der Waals surface area contributed by atoms with Gasteiger partial charge in [0.1, 0.15) is 5.75 Å². The zero-order valence-electron chi connectivity index (χ0n) is 13.7. The van der Waals surface area contributed by atoms with E-state index >= 15 is 0 Å². The molecule has 1 saturated heterocycles. The molecule has 23 heavy (non-hydrogen) atoms. The van der Waals surface area contributed by atoms with Crippen molar-refractivity contribution in [3.8, 4) is 5.75 Å². The van der Waals surface area contributed by atoms with Gasteiger partial charge in [-0.3, -0.25) is 4.79 Å². The molecule has 1 aliphatic rings. The Morgan fingerprint density at radius 1 is 1.22 bits per heavy atom. The van der Waals surface area contributed by atoms with Crippen molar-refractivity contribution in [1.29, 1.82) is 0 Å². The summed E-state index contributed by atoms with van der Waals surface area (Å²) in [6.07, 6.45) is 2.25. The van der Waals surface area contributed by atoms with Crippen LogP contribution < -0.4 is 10.1 Å². The van der Waals surface area contributed by atoms with Crippen molar-refractivity contribution >= 4 is 12.0 Å². The van der Waals surface area contributed by atoms with E-state index in [1.165, 1.54) is 7.11 Å². The van der Waals surface area contributed by atoms with Crippen LogP contribution in [0.3, 0.4) is 0 Å². The van der Waals surface area contributed by atoms with Crippen molar-refractivity contribution in [2.24, 2.45) is 0 Å². The standard InChI is InChI=1S/C17H24N2O4/c1-22-15-6-4-3-5-13(15)7-8-16(20)19-11-9-14(10-12-19)18-17(21)23-2/h3-6,14H,7-12H2,1-2H3,(H,18,21). The summed E-state index contributed by atoms with van der Waals surface area (Å²) in [5.74, 6) is 0.966. The van der Waals surface area contributed by atoms with Crippen molar-refractivity contribution in [3.63, 3.8) is 0 Å². The van der Waals surface area contributed by atoms with Gasteiger partial charge in [-0.25, -0.2) is 4.79 Å². The number of hydrogen-bond acceptors (Lipinski definition) is 4. The summed E-state index contributed by atoms with van der Waals surface area (Å²) < 4.78 is 9.90. The Kier molecular flexibility index (Phi) is 6.26. The minimum atomic E-state index is -0.411. The topological polar surface area (TPSA) is 67.9 Å². The summed E-state index contributed by atoms with van der Waals surface area (Å²) in [6.45, 7) is 1.33. The first kappa shape index (κ1) is 17.1. The van der Waals surface area contributed by atoms with Crippen molar-refractivity contribution in [2.45, 2.75) is 31.7 Å². The average Bonchev–Trinajstić information content (AvgIpc) is 2.60. The molecule has 0 aliphatic carbocycles. The molecule has 2 amide bonds. The van der Waals surface area contributed by atoms with Crippen LogP contribution in [0.5, 0.6) is 5.75 Å². The van der Waals surface area contributed by atoms with Crippen molar-refractivity contribution in [2.75, 3.05) is 27.3 Å². The van der Waals surface area contributed by atoms with Crippen LogP contribution in [-0.2, 0) is 16.0 Å². The van der Waals surface area contributed by atoms with Crippen molar-refractivity contribution < 1.29 is 19.1 Å². The Bertz CT molecular complexity index is 539. The lowest BCUT2D eigenvalue weighted by molar-refractivity contribution is -0.132. The van der Waals surface area contributed by atoms with Gasteiger partial charge in [-0.05, 0) is 30.9 Å². The number of hydrogen-bond donors (Lipinski definition) is 1. The summed E-state index contributed by atoms with van der Waals surface area (Å²) in [7, 11) is 2.99. The van der Waals surface area contributed by atoms with E-state index in [0.717, 1.165) is 24.2 Å². The smallest absolute Gasteiger partial charge is 0.407 e. The van der Waals surface area contributed by atoms with Crippen molar-refractivity contribution in [1.82, 2.24) is 10.2 Å². The number of nitrogens with zero attached hydrogens (tertiary/aromatic N) is 1. The molecule has 0 unspecified atom stereocenters. The molecule has 1 N–H and O–H groups in total. The number of rotatable bonds is 5. The first-order chi connectivity index (χ1) is 11.1. The quantitative estimate of drug-likeness (QED) is 0.901. The van der Waals surface area contributed by atoms with Crippen LogP contribution in [0.15, 0.2) is 24.3 Å². The number of carbonyl (C=O) groups excluding carboxylic acids is 2. The zero-order chi connectivity index (χ0) is 16.7. The zero-order valence-corrected chi connectivity index (χ0v) is 13.7. The fourth-order valence-electron chi connectivity index (χ4n) is 2.81. The van der Waals surface area contributed by atoms with Gasteiger partial charge in [0, 0.05) is 25.6 Å².